The largest absolute Gasteiger partial charge is 0.338 e. The number of nitrogens with one attached hydrogen (secondary N) is 2. The lowest BCUT2D eigenvalue weighted by atomic mass is 9.99. The second-order valence-electron chi connectivity index (χ2n) is 5.17. The minimum Gasteiger partial charge on any atom is -0.338 e. The summed E-state index contributed by atoms with van der Waals surface area (Å²) in [7, 11) is 0. The van der Waals surface area contributed by atoms with Crippen molar-refractivity contribution in [1.82, 2.24) is 20.2 Å². The lowest BCUT2D eigenvalue weighted by Gasteiger charge is -2.23. The van der Waals surface area contributed by atoms with E-state index in [0.29, 0.717) is 19.0 Å². The molecule has 2 amide bonds. The average molecular weight is 325 g/mol. The van der Waals surface area contributed by atoms with E-state index in [1.165, 1.54) is 11.3 Å². The molecule has 21 heavy (non-hydrogen) atoms. The number of aromatic nitrogens is 2. The summed E-state index contributed by atoms with van der Waals surface area (Å²) < 4.78 is 2.91. The summed E-state index contributed by atoms with van der Waals surface area (Å²) in [6.07, 6.45) is 5.89. The number of imidazole rings is 1. The molecular weight excluding hydrogens is 308 g/mol. The zero-order chi connectivity index (χ0) is 14.7. The Bertz CT molecular complexity index is 624. The quantitative estimate of drug-likeness (QED) is 0.908. The van der Waals surface area contributed by atoms with E-state index in [-0.39, 0.29) is 6.03 Å². The maximum absolute atomic E-state index is 11.8. The Kier molecular flexibility index (Phi) is 4.45. The van der Waals surface area contributed by atoms with Crippen LogP contribution < -0.4 is 10.6 Å². The van der Waals surface area contributed by atoms with Crippen molar-refractivity contribution in [2.24, 2.45) is 5.92 Å². The predicted molar refractivity (Wildman–Crippen MR) is 83.6 cm³/mol. The summed E-state index contributed by atoms with van der Waals surface area (Å²) in [5, 5.41) is 5.79. The topological polar surface area (TPSA) is 59.0 Å². The van der Waals surface area contributed by atoms with E-state index in [4.69, 9.17) is 11.6 Å². The molecule has 0 aromatic carbocycles. The molecule has 5 nitrogen and oxygen atoms in total. The highest BCUT2D eigenvalue weighted by atomic mass is 35.5. The number of hydrogen-bond donors (Lipinski definition) is 2. The summed E-state index contributed by atoms with van der Waals surface area (Å²) >= 11 is 7.33. The smallest absolute Gasteiger partial charge is 0.315 e. The Hall–Kier alpha value is -1.53. The van der Waals surface area contributed by atoms with Crippen LogP contribution in [0.25, 0.3) is 0 Å². The molecule has 0 saturated carbocycles. The van der Waals surface area contributed by atoms with Crippen LogP contribution in [-0.2, 0) is 19.5 Å². The fourth-order valence-electron chi connectivity index (χ4n) is 2.52. The van der Waals surface area contributed by atoms with Gasteiger partial charge in [0.1, 0.15) is 5.82 Å². The minimum absolute atomic E-state index is 0.129. The first-order chi connectivity index (χ1) is 10.2. The molecule has 0 aliphatic carbocycles. The number of thiophene rings is 1. The zero-order valence-corrected chi connectivity index (χ0v) is 13.1. The molecule has 0 radical (unpaired) electrons. The van der Waals surface area contributed by atoms with Gasteiger partial charge in [-0.2, -0.15) is 0 Å². The van der Waals surface area contributed by atoms with Gasteiger partial charge in [0.05, 0.1) is 10.9 Å². The van der Waals surface area contributed by atoms with Crippen LogP contribution in [0.5, 0.6) is 0 Å². The standard InChI is InChI=1S/C14H17ClN4OS/c15-12-3-2-11(21-12)8-18-14(20)17-7-10-1-4-13-16-5-6-19(13)9-10/h2-3,5-6,10H,1,4,7-9H2,(H2,17,18,20)/t10-/m1/s1. The molecule has 3 rings (SSSR count). The lowest BCUT2D eigenvalue weighted by Crippen LogP contribution is -2.39. The number of fused-ring (bicyclic) bond motifs is 1. The van der Waals surface area contributed by atoms with Crippen LogP contribution in [0.2, 0.25) is 4.34 Å². The number of rotatable bonds is 4. The molecule has 112 valence electrons. The lowest BCUT2D eigenvalue weighted by molar-refractivity contribution is 0.236. The first kappa shape index (κ1) is 14.4. The summed E-state index contributed by atoms with van der Waals surface area (Å²) in [6, 6.07) is 3.64. The van der Waals surface area contributed by atoms with Gasteiger partial charge in [-0.25, -0.2) is 9.78 Å². The van der Waals surface area contributed by atoms with E-state index < -0.39 is 0 Å². The monoisotopic (exact) mass is 324 g/mol. The highest BCUT2D eigenvalue weighted by molar-refractivity contribution is 7.16. The molecule has 0 saturated heterocycles. The first-order valence-corrected chi connectivity index (χ1v) is 8.16. The summed E-state index contributed by atoms with van der Waals surface area (Å²) in [6.45, 7) is 2.13. The molecule has 3 heterocycles. The highest BCUT2D eigenvalue weighted by Crippen LogP contribution is 2.21. The fourth-order valence-corrected chi connectivity index (χ4v) is 3.54. The maximum Gasteiger partial charge on any atom is 0.315 e. The Balaban J connectivity index is 1.40. The van der Waals surface area contributed by atoms with Gasteiger partial charge in [-0.05, 0) is 24.5 Å². The van der Waals surface area contributed by atoms with Crippen LogP contribution in [-0.4, -0.2) is 22.1 Å². The number of carbonyl (C=O) groups is 1. The number of aryl methyl sites for hydroxylation is 1. The third-order valence-corrected chi connectivity index (χ3v) is 4.87. The molecule has 0 bridgehead atoms. The molecule has 0 spiro atoms. The summed E-state index contributed by atoms with van der Waals surface area (Å²) in [5.74, 6) is 1.61. The SMILES string of the molecule is O=C(NCc1ccc(Cl)s1)NC[C@H]1CCc2nccn2C1. The molecule has 1 aliphatic heterocycles. The third kappa shape index (κ3) is 3.77. The van der Waals surface area contributed by atoms with E-state index in [1.807, 2.05) is 24.5 Å². The van der Waals surface area contributed by atoms with Gasteiger partial charge in [0, 0.05) is 36.8 Å². The van der Waals surface area contributed by atoms with E-state index in [9.17, 15) is 4.79 Å². The van der Waals surface area contributed by atoms with Gasteiger partial charge in [-0.15, -0.1) is 11.3 Å². The summed E-state index contributed by atoms with van der Waals surface area (Å²) in [4.78, 5) is 17.1. The molecule has 2 N–H and O–H groups in total. The van der Waals surface area contributed by atoms with Gasteiger partial charge in [-0.1, -0.05) is 11.6 Å². The van der Waals surface area contributed by atoms with Gasteiger partial charge in [0.15, 0.2) is 0 Å². The van der Waals surface area contributed by atoms with Gasteiger partial charge < -0.3 is 15.2 Å². The molecular formula is C14H17ClN4OS. The van der Waals surface area contributed by atoms with Crippen LogP contribution >= 0.6 is 22.9 Å². The number of hydrogen-bond acceptors (Lipinski definition) is 3. The second-order valence-corrected chi connectivity index (χ2v) is 6.97. The predicted octanol–water partition coefficient (Wildman–Crippen LogP) is 2.66. The summed E-state index contributed by atoms with van der Waals surface area (Å²) in [5.41, 5.74) is 0. The van der Waals surface area contributed by atoms with Crippen molar-refractivity contribution in [3.8, 4) is 0 Å². The molecule has 1 aliphatic rings. The van der Waals surface area contributed by atoms with Gasteiger partial charge in [0.2, 0.25) is 0 Å². The van der Waals surface area contributed by atoms with E-state index >= 15 is 0 Å². The molecule has 0 unspecified atom stereocenters. The van der Waals surface area contributed by atoms with Crippen molar-refractivity contribution in [2.45, 2.75) is 25.9 Å². The van der Waals surface area contributed by atoms with Gasteiger partial charge in [-0.3, -0.25) is 0 Å². The van der Waals surface area contributed by atoms with Crippen LogP contribution in [0, 0.1) is 5.92 Å². The number of halogens is 1. The number of amides is 2. The van der Waals surface area contributed by atoms with Crippen LogP contribution in [0.1, 0.15) is 17.1 Å². The Morgan fingerprint density at radius 2 is 2.38 bits per heavy atom. The Morgan fingerprint density at radius 1 is 1.48 bits per heavy atom. The Labute approximate surface area is 132 Å². The second kappa shape index (κ2) is 6.49. The fraction of sp³-hybridized carbons (Fsp3) is 0.429. The van der Waals surface area contributed by atoms with Crippen molar-refractivity contribution in [2.75, 3.05) is 6.54 Å². The number of urea groups is 1. The zero-order valence-electron chi connectivity index (χ0n) is 11.5. The van der Waals surface area contributed by atoms with Crippen LogP contribution in [0.3, 0.4) is 0 Å². The Morgan fingerprint density at radius 3 is 3.19 bits per heavy atom. The van der Waals surface area contributed by atoms with E-state index in [0.717, 1.165) is 34.4 Å². The number of carbonyl (C=O) groups excluding carboxylic acids is 1. The minimum atomic E-state index is -0.129. The van der Waals surface area contributed by atoms with Gasteiger partial charge in [0.25, 0.3) is 0 Å². The highest BCUT2D eigenvalue weighted by Gasteiger charge is 2.19. The molecule has 1 atom stereocenters. The molecule has 0 fully saturated rings. The van der Waals surface area contributed by atoms with Gasteiger partial charge >= 0.3 is 6.03 Å². The van der Waals surface area contributed by atoms with E-state index in [2.05, 4.69) is 20.2 Å². The van der Waals surface area contributed by atoms with Crippen molar-refractivity contribution in [3.63, 3.8) is 0 Å². The normalized spacial score (nSPS) is 17.3. The first-order valence-electron chi connectivity index (χ1n) is 6.96. The number of nitrogens with zero attached hydrogens (tertiary/aromatic N) is 2. The molecule has 2 aromatic rings. The maximum atomic E-state index is 11.8. The van der Waals surface area contributed by atoms with Crippen LogP contribution in [0.4, 0.5) is 4.79 Å². The van der Waals surface area contributed by atoms with Crippen molar-refractivity contribution in [3.05, 3.63) is 39.6 Å². The van der Waals surface area contributed by atoms with E-state index in [1.54, 1.807) is 0 Å². The van der Waals surface area contributed by atoms with Crippen molar-refractivity contribution >= 4 is 29.0 Å². The molecule has 7 heteroatoms. The third-order valence-electron chi connectivity index (χ3n) is 3.64. The van der Waals surface area contributed by atoms with Crippen LogP contribution in [0.15, 0.2) is 24.5 Å². The van der Waals surface area contributed by atoms with Crippen molar-refractivity contribution < 1.29 is 4.79 Å². The average Bonchev–Trinajstić information content (AvgIpc) is 3.10. The van der Waals surface area contributed by atoms with Crippen molar-refractivity contribution in [1.29, 1.82) is 0 Å². The molecule has 2 aromatic heterocycles.